The molecule has 2 saturated heterocycles. The molecule has 1 unspecified atom stereocenters. The second-order valence-corrected chi connectivity index (χ2v) is 26.1. The Hall–Kier alpha value is -6.53. The number of fused-ring (bicyclic) bond motifs is 1. The highest BCUT2D eigenvalue weighted by molar-refractivity contribution is 6.31. The topological polar surface area (TPSA) is 250 Å². The van der Waals surface area contributed by atoms with Gasteiger partial charge in [0, 0.05) is 67.8 Å². The maximum atomic E-state index is 15.1. The van der Waals surface area contributed by atoms with Gasteiger partial charge in [-0.2, -0.15) is 13.2 Å². The van der Waals surface area contributed by atoms with Crippen LogP contribution in [-0.2, 0) is 65.3 Å². The van der Waals surface area contributed by atoms with Crippen molar-refractivity contribution in [2.45, 2.75) is 205 Å². The quantitative estimate of drug-likeness (QED) is 0.301. The molecule has 4 aliphatic rings. The molecule has 2 aliphatic carbocycles. The summed E-state index contributed by atoms with van der Waals surface area (Å²) in [5, 5.41) is 8.01. The van der Waals surface area contributed by atoms with Crippen LogP contribution in [0, 0.1) is 17.8 Å². The summed E-state index contributed by atoms with van der Waals surface area (Å²) >= 11 is 6.11. The zero-order chi connectivity index (χ0) is 66.6. The summed E-state index contributed by atoms with van der Waals surface area (Å²) in [6, 6.07) is -4.52. The molecule has 1 spiro atoms. The number of benzene rings is 1. The van der Waals surface area contributed by atoms with Crippen LogP contribution in [0.25, 0.3) is 0 Å². The summed E-state index contributed by atoms with van der Waals surface area (Å²) < 4.78 is 41.3. The summed E-state index contributed by atoms with van der Waals surface area (Å²) in [5.74, 6) is -7.59. The van der Waals surface area contributed by atoms with E-state index in [1.54, 1.807) is 34.6 Å². The first kappa shape index (κ1) is 73.2. The van der Waals surface area contributed by atoms with Gasteiger partial charge in [0.25, 0.3) is 0 Å². The Morgan fingerprint density at radius 3 is 1.88 bits per heavy atom. The molecule has 89 heavy (non-hydrogen) atoms. The number of carbonyl (C=O) groups is 11. The Labute approximate surface area is 528 Å². The maximum absolute atomic E-state index is 15.1. The van der Waals surface area contributed by atoms with Gasteiger partial charge in [-0.15, -0.1) is 0 Å². The first-order chi connectivity index (χ1) is 41.7. The normalized spacial score (nSPS) is 26.5. The van der Waals surface area contributed by atoms with E-state index in [0.717, 1.165) is 58.9 Å². The number of amides is 11. The van der Waals surface area contributed by atoms with E-state index in [4.69, 9.17) is 11.6 Å². The number of hydrogen-bond acceptors (Lipinski definition) is 11. The largest absolute Gasteiger partial charge is 0.417 e. The van der Waals surface area contributed by atoms with Crippen LogP contribution in [0.1, 0.15) is 156 Å². The number of aryl methyl sites for hydroxylation is 1. The number of halogens is 4. The van der Waals surface area contributed by atoms with Gasteiger partial charge in [0.2, 0.25) is 65.0 Å². The van der Waals surface area contributed by atoms with Gasteiger partial charge in [-0.3, -0.25) is 52.7 Å². The summed E-state index contributed by atoms with van der Waals surface area (Å²) in [4.78, 5) is 169. The third kappa shape index (κ3) is 18.3. The average molecular weight is 1280 g/mol. The molecule has 1 aromatic rings. The van der Waals surface area contributed by atoms with Gasteiger partial charge in [0.15, 0.2) is 0 Å². The number of rotatable bonds is 9. The number of alkyl halides is 3. The van der Waals surface area contributed by atoms with Gasteiger partial charge in [-0.05, 0) is 101 Å². The molecule has 1 aromatic carbocycles. The van der Waals surface area contributed by atoms with Crippen LogP contribution in [0.4, 0.5) is 13.2 Å². The van der Waals surface area contributed by atoms with Crippen molar-refractivity contribution in [2.75, 3.05) is 75.0 Å². The number of nitrogens with zero attached hydrogens (tertiary/aromatic N) is 8. The highest BCUT2D eigenvalue weighted by Crippen LogP contribution is 2.37. The standard InChI is InChI=1S/C63H97ClF3N11O11/c1-14-39(5)53-59(87)73(10)36-51(81)71(8)37-52(82)75(12)48(34-42-22-17-16-18-23-42)58(86)72(9)35-49(79)68-46(28-26-43-25-27-44(45(64)33-43)63(65,66)67)57(85)78-31-21-24-47(78)56(84)70-62(29-19-20-30-62)61(89)76(13)54(38(3)4)60(88)74(11)40(6)32-50(80)77(15-2)41(7)55(83)69-53/h25,27,33,38-42,46-48,53-54H,14-24,26,28-32,34-37H2,1-13H3,(H,68,79)(H,69,83)(H,70,84)/t39?,40-,41+,46+,47+,48+,53+,54+/m1/s1. The van der Waals surface area contributed by atoms with E-state index in [1.807, 2.05) is 6.92 Å². The van der Waals surface area contributed by atoms with Crippen LogP contribution in [0.5, 0.6) is 0 Å². The fourth-order valence-electron chi connectivity index (χ4n) is 12.9. The van der Waals surface area contributed by atoms with E-state index in [2.05, 4.69) is 16.0 Å². The van der Waals surface area contributed by atoms with E-state index in [9.17, 15) is 61.1 Å². The molecular formula is C63H97ClF3N11O11. The number of nitrogens with one attached hydrogen (secondary N) is 3. The summed E-state index contributed by atoms with van der Waals surface area (Å²) in [7, 11) is 8.60. The Kier molecular flexibility index (Phi) is 26.3. The smallest absolute Gasteiger partial charge is 0.343 e. The molecule has 0 aromatic heterocycles. The summed E-state index contributed by atoms with van der Waals surface area (Å²) in [5.41, 5.74) is -2.24. The van der Waals surface area contributed by atoms with Crippen LogP contribution in [-0.4, -0.2) is 227 Å². The van der Waals surface area contributed by atoms with Crippen LogP contribution < -0.4 is 16.0 Å². The van der Waals surface area contributed by atoms with Gasteiger partial charge in [0.05, 0.1) is 30.2 Å². The molecule has 2 aliphatic heterocycles. The molecule has 4 fully saturated rings. The molecule has 5 rings (SSSR count). The maximum Gasteiger partial charge on any atom is 0.417 e. The second-order valence-electron chi connectivity index (χ2n) is 25.7. The minimum atomic E-state index is -4.74. The lowest BCUT2D eigenvalue weighted by molar-refractivity contribution is -0.152. The highest BCUT2D eigenvalue weighted by atomic mass is 35.5. The van der Waals surface area contributed by atoms with Crippen LogP contribution in [0.3, 0.4) is 0 Å². The SMILES string of the molecule is CCC(C)[C@@H]1NC(=O)[C@H](C)N(CC)C(=O)C[C@@H](C)N(C)C(=O)[C@H](C(C)C)N(C)C(=O)C2(CCCC2)NC(=O)[C@@H]2CCCN2C(=O)[C@H](CCc2ccc(C(F)(F)F)c(Cl)c2)NC(=O)CN(C)C(=O)[C@H](CC2CCCCC2)N(C)C(=O)CN(C)C(=O)CN(C)C1=O. The van der Waals surface area contributed by atoms with Gasteiger partial charge >= 0.3 is 6.18 Å². The molecular weight excluding hydrogens is 1180 g/mol. The molecule has 498 valence electrons. The van der Waals surface area contributed by atoms with Gasteiger partial charge in [-0.25, -0.2) is 0 Å². The van der Waals surface area contributed by atoms with Crippen molar-refractivity contribution < 1.29 is 65.9 Å². The van der Waals surface area contributed by atoms with Crippen LogP contribution in [0.2, 0.25) is 5.02 Å². The van der Waals surface area contributed by atoms with Crippen molar-refractivity contribution in [1.82, 2.24) is 55.1 Å². The lowest BCUT2D eigenvalue weighted by Crippen LogP contribution is -2.64. The predicted octanol–water partition coefficient (Wildman–Crippen LogP) is 4.87. The van der Waals surface area contributed by atoms with E-state index in [1.165, 1.54) is 79.8 Å². The third-order valence-corrected chi connectivity index (χ3v) is 19.2. The molecule has 3 N–H and O–H groups in total. The van der Waals surface area contributed by atoms with Crippen LogP contribution >= 0.6 is 11.6 Å². The van der Waals surface area contributed by atoms with Crippen molar-refractivity contribution in [2.24, 2.45) is 17.8 Å². The zero-order valence-corrected chi connectivity index (χ0v) is 55.2. The Bertz CT molecular complexity index is 2740. The first-order valence-corrected chi connectivity index (χ1v) is 32.0. The Morgan fingerprint density at radius 1 is 0.674 bits per heavy atom. The molecule has 11 amide bonds. The third-order valence-electron chi connectivity index (χ3n) is 18.9. The average Bonchev–Trinajstić information content (AvgIpc) is 2.25. The second kappa shape index (κ2) is 32.0. The number of hydrogen-bond donors (Lipinski definition) is 3. The van der Waals surface area contributed by atoms with E-state index in [-0.39, 0.29) is 64.0 Å². The molecule has 0 radical (unpaired) electrons. The fraction of sp³-hybridized carbons (Fsp3) is 0.730. The van der Waals surface area contributed by atoms with Gasteiger partial charge < -0.3 is 55.1 Å². The van der Waals surface area contributed by atoms with Crippen molar-refractivity contribution in [3.63, 3.8) is 0 Å². The minimum absolute atomic E-state index is 0.0354. The summed E-state index contributed by atoms with van der Waals surface area (Å²) in [6.07, 6.45) is 1.91. The zero-order valence-electron chi connectivity index (χ0n) is 54.4. The minimum Gasteiger partial charge on any atom is -0.343 e. The van der Waals surface area contributed by atoms with Crippen molar-refractivity contribution >= 4 is 76.6 Å². The highest BCUT2D eigenvalue weighted by Gasteiger charge is 2.50. The summed E-state index contributed by atoms with van der Waals surface area (Å²) in [6.45, 7) is 10.6. The monoisotopic (exact) mass is 1280 g/mol. The molecule has 2 heterocycles. The first-order valence-electron chi connectivity index (χ1n) is 31.6. The van der Waals surface area contributed by atoms with Crippen molar-refractivity contribution in [3.8, 4) is 0 Å². The molecule has 8 atom stereocenters. The molecule has 26 heteroatoms. The lowest BCUT2D eigenvalue weighted by Gasteiger charge is -2.41. The van der Waals surface area contributed by atoms with E-state index >= 15 is 4.79 Å². The Balaban J connectivity index is 1.54. The molecule has 0 bridgehead atoms. The molecule has 2 saturated carbocycles. The number of carbonyl (C=O) groups excluding carboxylic acids is 11. The Morgan fingerprint density at radius 2 is 1.29 bits per heavy atom. The van der Waals surface area contributed by atoms with Crippen LogP contribution in [0.15, 0.2) is 18.2 Å². The number of likely N-dealkylation sites (N-methyl/N-ethyl adjacent to an activating group) is 7. The van der Waals surface area contributed by atoms with Gasteiger partial charge in [-0.1, -0.05) is 96.7 Å². The van der Waals surface area contributed by atoms with Crippen molar-refractivity contribution in [3.05, 3.63) is 34.3 Å². The van der Waals surface area contributed by atoms with Crippen molar-refractivity contribution in [1.29, 1.82) is 0 Å². The molecule has 22 nitrogen and oxygen atoms in total. The van der Waals surface area contributed by atoms with Gasteiger partial charge in [0.1, 0.15) is 41.8 Å². The van der Waals surface area contributed by atoms with E-state index < -0.39 is 161 Å². The predicted molar refractivity (Wildman–Crippen MR) is 328 cm³/mol. The fourth-order valence-corrected chi connectivity index (χ4v) is 13.2. The van der Waals surface area contributed by atoms with E-state index in [0.29, 0.717) is 31.2 Å². The lowest BCUT2D eigenvalue weighted by atomic mass is 9.84.